The molecule has 0 aliphatic heterocycles. The van der Waals surface area contributed by atoms with E-state index in [1.54, 1.807) is 0 Å². The fourth-order valence-corrected chi connectivity index (χ4v) is 2.58. The van der Waals surface area contributed by atoms with Crippen LogP contribution in [0.1, 0.15) is 90.9 Å². The Morgan fingerprint density at radius 1 is 0.964 bits per heavy atom. The van der Waals surface area contributed by atoms with Gasteiger partial charge in [-0.15, -0.1) is 6.58 Å². The van der Waals surface area contributed by atoms with Gasteiger partial charge in [0.2, 0.25) is 0 Å². The number of unbranched alkanes of at least 4 members (excludes halogenated alkanes) is 9. The SMILES string of the molecule is C=CCCCCCC.CCCCCCCCC(=O)Oc1ccc([N+](=O)[O-])cc1. The Labute approximate surface area is 170 Å². The first-order valence-corrected chi connectivity index (χ1v) is 10.6. The number of hydrogen-bond donors (Lipinski definition) is 0. The maximum absolute atomic E-state index is 11.6. The van der Waals surface area contributed by atoms with Crippen LogP contribution < -0.4 is 4.74 Å². The van der Waals surface area contributed by atoms with Crippen molar-refractivity contribution < 1.29 is 14.5 Å². The first kappa shape index (κ1) is 25.8. The molecule has 0 heterocycles. The molecule has 158 valence electrons. The van der Waals surface area contributed by atoms with Crippen molar-refractivity contribution in [3.63, 3.8) is 0 Å². The fourth-order valence-electron chi connectivity index (χ4n) is 2.58. The van der Waals surface area contributed by atoms with E-state index in [1.165, 1.54) is 75.6 Å². The van der Waals surface area contributed by atoms with Gasteiger partial charge in [-0.05, 0) is 31.4 Å². The van der Waals surface area contributed by atoms with Crippen LogP contribution in [0.25, 0.3) is 0 Å². The molecule has 0 saturated carbocycles. The third kappa shape index (κ3) is 14.9. The van der Waals surface area contributed by atoms with Crippen molar-refractivity contribution in [3.05, 3.63) is 47.0 Å². The Morgan fingerprint density at radius 3 is 2.04 bits per heavy atom. The Balaban J connectivity index is 0.000000769. The standard InChI is InChI=1S/C15H21NO4.C8H16/c1-2-3-4-5-6-7-8-15(17)20-14-11-9-13(10-12-14)16(18)19;1-3-5-7-8-6-4-2/h9-12H,2-8H2,1H3;3H,1,4-8H2,2H3. The number of carbonyl (C=O) groups excluding carboxylic acids is 1. The van der Waals surface area contributed by atoms with E-state index >= 15 is 0 Å². The minimum Gasteiger partial charge on any atom is -0.427 e. The van der Waals surface area contributed by atoms with Crippen molar-refractivity contribution in [2.24, 2.45) is 0 Å². The normalized spacial score (nSPS) is 9.93. The average molecular weight is 392 g/mol. The summed E-state index contributed by atoms with van der Waals surface area (Å²) < 4.78 is 5.12. The maximum Gasteiger partial charge on any atom is 0.311 e. The van der Waals surface area contributed by atoms with Crippen molar-refractivity contribution in [2.45, 2.75) is 90.9 Å². The van der Waals surface area contributed by atoms with E-state index in [-0.39, 0.29) is 11.7 Å². The van der Waals surface area contributed by atoms with E-state index in [0.717, 1.165) is 19.3 Å². The molecule has 0 aliphatic carbocycles. The largest absolute Gasteiger partial charge is 0.427 e. The molecule has 0 radical (unpaired) electrons. The molecule has 1 aromatic carbocycles. The van der Waals surface area contributed by atoms with Crippen molar-refractivity contribution in [2.75, 3.05) is 0 Å². The van der Waals surface area contributed by atoms with Crippen LogP contribution in [0.3, 0.4) is 0 Å². The number of non-ortho nitro benzene ring substituents is 1. The summed E-state index contributed by atoms with van der Waals surface area (Å²) in [6.07, 6.45) is 15.7. The Kier molecular flexibility index (Phi) is 16.8. The van der Waals surface area contributed by atoms with Crippen LogP contribution in [0.4, 0.5) is 5.69 Å². The lowest BCUT2D eigenvalue weighted by Gasteiger charge is -2.04. The van der Waals surface area contributed by atoms with Crippen molar-refractivity contribution >= 4 is 11.7 Å². The molecule has 5 heteroatoms. The number of allylic oxidation sites excluding steroid dienone is 1. The van der Waals surface area contributed by atoms with E-state index in [1.807, 2.05) is 6.08 Å². The number of hydrogen-bond acceptors (Lipinski definition) is 4. The molecule has 0 unspecified atom stereocenters. The minimum absolute atomic E-state index is 0.0132. The molecule has 1 aromatic rings. The second-order valence-corrected chi connectivity index (χ2v) is 6.88. The molecule has 1 rings (SSSR count). The van der Waals surface area contributed by atoms with Gasteiger partial charge in [0, 0.05) is 18.6 Å². The molecule has 0 saturated heterocycles. The zero-order valence-corrected chi connectivity index (χ0v) is 17.7. The number of nitrogens with zero attached hydrogens (tertiary/aromatic N) is 1. The van der Waals surface area contributed by atoms with Gasteiger partial charge in [0.25, 0.3) is 5.69 Å². The Hall–Kier alpha value is -2.17. The van der Waals surface area contributed by atoms with Gasteiger partial charge >= 0.3 is 5.97 Å². The van der Waals surface area contributed by atoms with Gasteiger partial charge < -0.3 is 4.74 Å². The van der Waals surface area contributed by atoms with Crippen molar-refractivity contribution in [1.82, 2.24) is 0 Å². The number of rotatable bonds is 14. The quantitative estimate of drug-likeness (QED) is 0.0827. The summed E-state index contributed by atoms with van der Waals surface area (Å²) in [5.41, 5.74) is -0.0132. The zero-order valence-electron chi connectivity index (χ0n) is 17.7. The number of esters is 1. The molecule has 0 fully saturated rings. The van der Waals surface area contributed by atoms with Gasteiger partial charge in [0.15, 0.2) is 0 Å². The van der Waals surface area contributed by atoms with Crippen LogP contribution in [0, 0.1) is 10.1 Å². The molecular formula is C23H37NO4. The lowest BCUT2D eigenvalue weighted by Crippen LogP contribution is -2.07. The first-order chi connectivity index (χ1) is 13.5. The van der Waals surface area contributed by atoms with Crippen LogP contribution in [0.15, 0.2) is 36.9 Å². The molecule has 5 nitrogen and oxygen atoms in total. The highest BCUT2D eigenvalue weighted by atomic mass is 16.6. The van der Waals surface area contributed by atoms with Crippen LogP contribution in [0.5, 0.6) is 5.75 Å². The van der Waals surface area contributed by atoms with Crippen LogP contribution in [0.2, 0.25) is 0 Å². The third-order valence-electron chi connectivity index (χ3n) is 4.28. The van der Waals surface area contributed by atoms with Crippen LogP contribution in [-0.4, -0.2) is 10.9 Å². The maximum atomic E-state index is 11.6. The number of nitro benzene ring substituents is 1. The summed E-state index contributed by atoms with van der Waals surface area (Å²) >= 11 is 0. The van der Waals surface area contributed by atoms with E-state index in [9.17, 15) is 14.9 Å². The summed E-state index contributed by atoms with van der Waals surface area (Å²) in [7, 11) is 0. The average Bonchev–Trinajstić information content (AvgIpc) is 2.69. The fraction of sp³-hybridized carbons (Fsp3) is 0.609. The molecular weight excluding hydrogens is 354 g/mol. The van der Waals surface area contributed by atoms with Gasteiger partial charge in [-0.1, -0.05) is 71.3 Å². The second kappa shape index (κ2) is 18.2. The Morgan fingerprint density at radius 2 is 1.50 bits per heavy atom. The van der Waals surface area contributed by atoms with E-state index in [2.05, 4.69) is 20.4 Å². The molecule has 0 bridgehead atoms. The molecule has 0 amide bonds. The van der Waals surface area contributed by atoms with Crippen LogP contribution in [-0.2, 0) is 4.79 Å². The van der Waals surface area contributed by atoms with E-state index in [0.29, 0.717) is 12.2 Å². The summed E-state index contributed by atoms with van der Waals surface area (Å²) in [5.74, 6) is 0.0703. The predicted molar refractivity (Wildman–Crippen MR) is 116 cm³/mol. The zero-order chi connectivity index (χ0) is 21.0. The van der Waals surface area contributed by atoms with E-state index in [4.69, 9.17) is 4.74 Å². The highest BCUT2D eigenvalue weighted by Crippen LogP contribution is 2.18. The van der Waals surface area contributed by atoms with Crippen molar-refractivity contribution in [1.29, 1.82) is 0 Å². The van der Waals surface area contributed by atoms with Gasteiger partial charge in [-0.25, -0.2) is 0 Å². The third-order valence-corrected chi connectivity index (χ3v) is 4.28. The summed E-state index contributed by atoms with van der Waals surface area (Å²) in [6, 6.07) is 5.54. The van der Waals surface area contributed by atoms with Gasteiger partial charge in [0.1, 0.15) is 5.75 Å². The topological polar surface area (TPSA) is 69.4 Å². The predicted octanol–water partition coefficient (Wildman–Crippen LogP) is 7.39. The highest BCUT2D eigenvalue weighted by molar-refractivity contribution is 5.72. The molecule has 0 atom stereocenters. The van der Waals surface area contributed by atoms with Gasteiger partial charge in [0.05, 0.1) is 4.92 Å². The number of benzene rings is 1. The van der Waals surface area contributed by atoms with Gasteiger partial charge in [-0.3, -0.25) is 14.9 Å². The van der Waals surface area contributed by atoms with Crippen LogP contribution >= 0.6 is 0 Å². The Bertz CT molecular complexity index is 540. The molecule has 0 aromatic heterocycles. The first-order valence-electron chi connectivity index (χ1n) is 10.6. The minimum atomic E-state index is -0.484. The second-order valence-electron chi connectivity index (χ2n) is 6.88. The van der Waals surface area contributed by atoms with Crippen molar-refractivity contribution in [3.8, 4) is 5.75 Å². The lowest BCUT2D eigenvalue weighted by atomic mass is 10.1. The highest BCUT2D eigenvalue weighted by Gasteiger charge is 2.08. The summed E-state index contributed by atoms with van der Waals surface area (Å²) in [6.45, 7) is 8.06. The molecule has 0 N–H and O–H groups in total. The smallest absolute Gasteiger partial charge is 0.311 e. The lowest BCUT2D eigenvalue weighted by molar-refractivity contribution is -0.384. The van der Waals surface area contributed by atoms with Gasteiger partial charge in [-0.2, -0.15) is 0 Å². The summed E-state index contributed by atoms with van der Waals surface area (Å²) in [5, 5.41) is 10.5. The monoisotopic (exact) mass is 391 g/mol. The molecule has 0 aliphatic rings. The molecule has 28 heavy (non-hydrogen) atoms. The number of carbonyl (C=O) groups is 1. The number of ether oxygens (including phenoxy) is 1. The summed E-state index contributed by atoms with van der Waals surface area (Å²) in [4.78, 5) is 21.6. The van der Waals surface area contributed by atoms with E-state index < -0.39 is 4.92 Å². The number of nitro groups is 1. The molecule has 0 spiro atoms.